The topological polar surface area (TPSA) is 84.2 Å². The van der Waals surface area contributed by atoms with Crippen LogP contribution >= 0.6 is 0 Å². The lowest BCUT2D eigenvalue weighted by atomic mass is 10.2. The molecule has 0 aliphatic carbocycles. The summed E-state index contributed by atoms with van der Waals surface area (Å²) in [6.45, 7) is 5.21. The fourth-order valence-electron chi connectivity index (χ4n) is 2.56. The number of nitrogens with zero attached hydrogens (tertiary/aromatic N) is 1. The highest BCUT2D eigenvalue weighted by atomic mass is 16.4. The molecule has 3 aromatic rings. The maximum atomic E-state index is 12.2. The Morgan fingerprint density at radius 2 is 1.75 bits per heavy atom. The number of nitrogens with one attached hydrogen (secondary N) is 2. The van der Waals surface area contributed by atoms with Crippen molar-refractivity contribution in [3.8, 4) is 11.5 Å². The highest BCUT2D eigenvalue weighted by molar-refractivity contribution is 6.02. The van der Waals surface area contributed by atoms with Crippen molar-refractivity contribution >= 4 is 29.3 Å². The molecule has 1 heterocycles. The fourth-order valence-corrected chi connectivity index (χ4v) is 2.56. The molecule has 0 spiro atoms. The Balaban J connectivity index is 1.65. The molecular formula is C22H21N3O3. The maximum absolute atomic E-state index is 12.2. The van der Waals surface area contributed by atoms with Gasteiger partial charge in [0.2, 0.25) is 17.7 Å². The molecule has 0 bridgehead atoms. The van der Waals surface area contributed by atoms with E-state index >= 15 is 0 Å². The summed E-state index contributed by atoms with van der Waals surface area (Å²) in [5, 5.41) is 5.53. The normalized spacial score (nSPS) is 10.8. The monoisotopic (exact) mass is 375 g/mol. The average molecular weight is 375 g/mol. The SMILES string of the molecule is CC(=O)Nc1ccc(/C=C/C(=O)Nc2cccc(-c3nc(C)c(C)o3)c2)cc1. The van der Waals surface area contributed by atoms with Crippen LogP contribution in [0.2, 0.25) is 0 Å². The minimum atomic E-state index is -0.247. The quantitative estimate of drug-likeness (QED) is 0.640. The average Bonchev–Trinajstić information content (AvgIpc) is 3.00. The summed E-state index contributed by atoms with van der Waals surface area (Å²) in [5.41, 5.74) is 3.86. The first-order chi connectivity index (χ1) is 13.4. The molecule has 6 heteroatoms. The largest absolute Gasteiger partial charge is 0.441 e. The van der Waals surface area contributed by atoms with Crippen molar-refractivity contribution < 1.29 is 14.0 Å². The van der Waals surface area contributed by atoms with Crippen LogP contribution in [-0.4, -0.2) is 16.8 Å². The number of aromatic nitrogens is 1. The standard InChI is InChI=1S/C22H21N3O3/c1-14-15(2)28-22(23-14)18-5-4-6-20(13-18)25-21(27)12-9-17-7-10-19(11-8-17)24-16(3)26/h4-13H,1-3H3,(H,24,26)(H,25,27)/b12-9+. The van der Waals surface area contributed by atoms with Gasteiger partial charge in [-0.2, -0.15) is 0 Å². The van der Waals surface area contributed by atoms with Gasteiger partial charge in [-0.1, -0.05) is 18.2 Å². The Morgan fingerprint density at radius 3 is 2.39 bits per heavy atom. The Labute approximate surface area is 163 Å². The van der Waals surface area contributed by atoms with Gasteiger partial charge in [0, 0.05) is 29.9 Å². The first kappa shape index (κ1) is 19.1. The van der Waals surface area contributed by atoms with E-state index in [9.17, 15) is 9.59 Å². The van der Waals surface area contributed by atoms with Gasteiger partial charge in [0.1, 0.15) is 5.76 Å². The van der Waals surface area contributed by atoms with Crippen molar-refractivity contribution in [1.82, 2.24) is 4.98 Å². The lowest BCUT2D eigenvalue weighted by Crippen LogP contribution is -2.07. The zero-order valence-electron chi connectivity index (χ0n) is 15.9. The van der Waals surface area contributed by atoms with Crippen LogP contribution in [0.15, 0.2) is 59.0 Å². The third kappa shape index (κ3) is 4.94. The molecule has 0 radical (unpaired) electrons. The van der Waals surface area contributed by atoms with Crippen LogP contribution in [0.5, 0.6) is 0 Å². The van der Waals surface area contributed by atoms with Gasteiger partial charge in [0.25, 0.3) is 0 Å². The van der Waals surface area contributed by atoms with Crippen molar-refractivity contribution in [3.63, 3.8) is 0 Å². The fraction of sp³-hybridized carbons (Fsp3) is 0.136. The second-order valence-corrected chi connectivity index (χ2v) is 6.37. The van der Waals surface area contributed by atoms with Crippen LogP contribution in [0.3, 0.4) is 0 Å². The summed E-state index contributed by atoms with van der Waals surface area (Å²) < 4.78 is 5.64. The van der Waals surface area contributed by atoms with Crippen LogP contribution in [-0.2, 0) is 9.59 Å². The van der Waals surface area contributed by atoms with Crippen molar-refractivity contribution in [3.05, 3.63) is 71.6 Å². The summed E-state index contributed by atoms with van der Waals surface area (Å²) in [5.74, 6) is 0.931. The molecule has 0 saturated carbocycles. The second-order valence-electron chi connectivity index (χ2n) is 6.37. The van der Waals surface area contributed by atoms with Gasteiger partial charge < -0.3 is 15.1 Å². The number of anilines is 2. The van der Waals surface area contributed by atoms with E-state index in [1.807, 2.05) is 44.2 Å². The van der Waals surface area contributed by atoms with Gasteiger partial charge in [-0.15, -0.1) is 0 Å². The van der Waals surface area contributed by atoms with E-state index in [0.717, 1.165) is 22.6 Å². The number of benzene rings is 2. The molecule has 0 saturated heterocycles. The van der Waals surface area contributed by atoms with Crippen molar-refractivity contribution in [2.24, 2.45) is 0 Å². The van der Waals surface area contributed by atoms with Crippen molar-refractivity contribution in [1.29, 1.82) is 0 Å². The Kier molecular flexibility index (Phi) is 5.69. The number of hydrogen-bond acceptors (Lipinski definition) is 4. The molecule has 6 nitrogen and oxygen atoms in total. The molecule has 0 atom stereocenters. The van der Waals surface area contributed by atoms with Crippen LogP contribution < -0.4 is 10.6 Å². The van der Waals surface area contributed by atoms with Gasteiger partial charge in [0.15, 0.2) is 0 Å². The molecule has 3 rings (SSSR count). The van der Waals surface area contributed by atoms with E-state index in [-0.39, 0.29) is 11.8 Å². The first-order valence-corrected chi connectivity index (χ1v) is 8.82. The summed E-state index contributed by atoms with van der Waals surface area (Å²) >= 11 is 0. The molecule has 0 aliphatic rings. The maximum Gasteiger partial charge on any atom is 0.248 e. The van der Waals surface area contributed by atoms with Gasteiger partial charge >= 0.3 is 0 Å². The number of carbonyl (C=O) groups excluding carboxylic acids is 2. The van der Waals surface area contributed by atoms with Crippen LogP contribution in [0.4, 0.5) is 11.4 Å². The lowest BCUT2D eigenvalue weighted by Gasteiger charge is -2.04. The van der Waals surface area contributed by atoms with E-state index in [2.05, 4.69) is 15.6 Å². The number of amides is 2. The molecule has 28 heavy (non-hydrogen) atoms. The van der Waals surface area contributed by atoms with Gasteiger partial charge in [0.05, 0.1) is 5.69 Å². The number of rotatable bonds is 5. The number of hydrogen-bond donors (Lipinski definition) is 2. The Bertz CT molecular complexity index is 1010. The molecule has 2 amide bonds. The zero-order chi connectivity index (χ0) is 20.1. The molecule has 1 aromatic heterocycles. The van der Waals surface area contributed by atoms with Crippen LogP contribution in [0.25, 0.3) is 17.5 Å². The second kappa shape index (κ2) is 8.35. The first-order valence-electron chi connectivity index (χ1n) is 8.82. The molecule has 0 unspecified atom stereocenters. The molecule has 0 fully saturated rings. The van der Waals surface area contributed by atoms with E-state index in [4.69, 9.17) is 4.42 Å². The predicted molar refractivity (Wildman–Crippen MR) is 110 cm³/mol. The molecular weight excluding hydrogens is 354 g/mol. The van der Waals surface area contributed by atoms with Crippen LogP contribution in [0.1, 0.15) is 23.9 Å². The third-order valence-corrected chi connectivity index (χ3v) is 4.06. The summed E-state index contributed by atoms with van der Waals surface area (Å²) in [7, 11) is 0. The minimum Gasteiger partial charge on any atom is -0.441 e. The lowest BCUT2D eigenvalue weighted by molar-refractivity contribution is -0.114. The van der Waals surface area contributed by atoms with Crippen LogP contribution in [0, 0.1) is 13.8 Å². The Hall–Kier alpha value is -3.67. The van der Waals surface area contributed by atoms with E-state index in [1.54, 1.807) is 24.3 Å². The van der Waals surface area contributed by atoms with E-state index < -0.39 is 0 Å². The van der Waals surface area contributed by atoms with Crippen molar-refractivity contribution in [2.45, 2.75) is 20.8 Å². The van der Waals surface area contributed by atoms with Crippen molar-refractivity contribution in [2.75, 3.05) is 10.6 Å². The number of oxazole rings is 1. The molecule has 0 aliphatic heterocycles. The summed E-state index contributed by atoms with van der Waals surface area (Å²) in [4.78, 5) is 27.6. The number of aryl methyl sites for hydroxylation is 2. The Morgan fingerprint density at radius 1 is 1.00 bits per heavy atom. The molecule has 142 valence electrons. The van der Waals surface area contributed by atoms with E-state index in [0.29, 0.717) is 17.3 Å². The molecule has 2 aromatic carbocycles. The van der Waals surface area contributed by atoms with E-state index in [1.165, 1.54) is 13.0 Å². The number of carbonyl (C=O) groups is 2. The third-order valence-electron chi connectivity index (χ3n) is 4.06. The predicted octanol–water partition coefficient (Wildman–Crippen LogP) is 4.57. The van der Waals surface area contributed by atoms with Gasteiger partial charge in [-0.25, -0.2) is 4.98 Å². The summed E-state index contributed by atoms with van der Waals surface area (Å²) in [6, 6.07) is 14.5. The van der Waals surface area contributed by atoms with Gasteiger partial charge in [-0.3, -0.25) is 9.59 Å². The highest BCUT2D eigenvalue weighted by Crippen LogP contribution is 2.24. The smallest absolute Gasteiger partial charge is 0.248 e. The summed E-state index contributed by atoms with van der Waals surface area (Å²) in [6.07, 6.45) is 3.16. The highest BCUT2D eigenvalue weighted by Gasteiger charge is 2.09. The zero-order valence-corrected chi connectivity index (χ0v) is 15.9. The van der Waals surface area contributed by atoms with Gasteiger partial charge in [-0.05, 0) is 55.8 Å². The molecule has 2 N–H and O–H groups in total. The minimum absolute atomic E-state index is 0.125.